The van der Waals surface area contributed by atoms with E-state index in [0.717, 1.165) is 0 Å². The average Bonchev–Trinajstić information content (AvgIpc) is 0.811. The van der Waals surface area contributed by atoms with Crippen LogP contribution in [0.5, 0.6) is 0 Å². The van der Waals surface area contributed by atoms with Crippen LogP contribution in [0.3, 0.4) is 0 Å². The summed E-state index contributed by atoms with van der Waals surface area (Å²) in [5.74, 6) is 0. The van der Waals surface area contributed by atoms with Gasteiger partial charge in [-0.25, -0.2) is 0 Å². The van der Waals surface area contributed by atoms with Crippen LogP contribution in [0.15, 0.2) is 0 Å². The Morgan fingerprint density at radius 3 is 1.14 bits per heavy atom. The number of hydrogen-bond donors (Lipinski definition) is 0. The van der Waals surface area contributed by atoms with Crippen molar-refractivity contribution < 1.29 is 79.8 Å². The van der Waals surface area contributed by atoms with Gasteiger partial charge in [-0.05, 0) is 0 Å². The first-order chi connectivity index (χ1) is 1.73. The summed E-state index contributed by atoms with van der Waals surface area (Å²) in [7, 11) is 0. The summed E-state index contributed by atoms with van der Waals surface area (Å²) in [5, 5.41) is 0. The van der Waals surface area contributed by atoms with Crippen molar-refractivity contribution in [3.63, 3.8) is 0 Å². The van der Waals surface area contributed by atoms with E-state index in [1.807, 2.05) is 0 Å². The van der Waals surface area contributed by atoms with Crippen LogP contribution in [0.2, 0.25) is 0 Å². The molecule has 0 amide bonds. The van der Waals surface area contributed by atoms with Crippen molar-refractivity contribution in [2.75, 3.05) is 0 Å². The third-order valence-corrected chi connectivity index (χ3v) is 0. The summed E-state index contributed by atoms with van der Waals surface area (Å²) in [6, 6.07) is 0. The van der Waals surface area contributed by atoms with Crippen LogP contribution in [-0.4, -0.2) is 0 Å². The summed E-state index contributed by atoms with van der Waals surface area (Å²) in [6.45, 7) is 0. The van der Waals surface area contributed by atoms with Crippen molar-refractivity contribution >= 4 is 0 Å². The summed E-state index contributed by atoms with van der Waals surface area (Å²) in [4.78, 5) is 0. The molecule has 7 heavy (non-hydrogen) atoms. The second kappa shape index (κ2) is 15.7. The molecule has 0 aromatic heterocycles. The maximum atomic E-state index is 8.56. The molecule has 7 heteroatoms. The second-order valence-electron chi connectivity index (χ2n) is 0.224. The zero-order valence-corrected chi connectivity index (χ0v) is 6.98. The monoisotopic (exact) mass is 218 g/mol. The zero-order valence-electron chi connectivity index (χ0n) is 3.38. The van der Waals surface area contributed by atoms with Crippen LogP contribution in [-0.2, 0) is 56.9 Å². The molecule has 0 aliphatic rings. The first kappa shape index (κ1) is 23.3. The first-order valence-corrected chi connectivity index (χ1v) is 2.26. The molecule has 0 saturated carbocycles. The van der Waals surface area contributed by atoms with Crippen molar-refractivity contribution in [3.05, 3.63) is 0 Å². The van der Waals surface area contributed by atoms with E-state index in [-0.39, 0.29) is 53.0 Å². The van der Waals surface area contributed by atoms with Gasteiger partial charge in [0.1, 0.15) is 0 Å². The fourth-order valence-corrected chi connectivity index (χ4v) is 0. The van der Waals surface area contributed by atoms with Gasteiger partial charge in [0.15, 0.2) is 0 Å². The van der Waals surface area contributed by atoms with Crippen molar-refractivity contribution in [2.45, 2.75) is 0 Å². The first-order valence-electron chi connectivity index (χ1n) is 0.548. The fourth-order valence-electron chi connectivity index (χ4n) is 0. The maximum absolute atomic E-state index is 8.56. The van der Waals surface area contributed by atoms with E-state index in [9.17, 15) is 0 Å². The van der Waals surface area contributed by atoms with Gasteiger partial charge in [0, 0.05) is 34.1 Å². The normalized spacial score (nSPS) is 3.57. The summed E-state index contributed by atoms with van der Waals surface area (Å²) >= 11 is -3.94. The SMILES string of the molecule is [Fe].[Fe].[Li+].[O]=[V](=[O])[O-]. The molecule has 0 aromatic carbocycles. The van der Waals surface area contributed by atoms with Crippen LogP contribution in [0.1, 0.15) is 0 Å². The van der Waals surface area contributed by atoms with E-state index in [4.69, 9.17) is 11.4 Å². The molecule has 0 aliphatic carbocycles. The van der Waals surface area contributed by atoms with Crippen LogP contribution in [0, 0.1) is 0 Å². The van der Waals surface area contributed by atoms with Crippen molar-refractivity contribution in [1.82, 2.24) is 0 Å². The topological polar surface area (TPSA) is 57.2 Å². The van der Waals surface area contributed by atoms with E-state index in [1.54, 1.807) is 0 Å². The number of rotatable bonds is 0. The molecule has 0 radical (unpaired) electrons. The van der Waals surface area contributed by atoms with E-state index >= 15 is 0 Å². The Morgan fingerprint density at radius 2 is 1.14 bits per heavy atom. The molecule has 0 atom stereocenters. The average molecular weight is 218 g/mol. The van der Waals surface area contributed by atoms with E-state index < -0.39 is 15.4 Å². The second-order valence-corrected chi connectivity index (χ2v) is 0.922. The Labute approximate surface area is 79.1 Å². The molecule has 0 bridgehead atoms. The van der Waals surface area contributed by atoms with E-state index in [1.165, 1.54) is 0 Å². The van der Waals surface area contributed by atoms with Crippen molar-refractivity contribution in [1.29, 1.82) is 0 Å². The molecule has 0 aromatic rings. The fraction of sp³-hybridized carbons (Fsp3) is 0. The molecule has 0 spiro atoms. The molecule has 0 unspecified atom stereocenters. The van der Waals surface area contributed by atoms with Gasteiger partial charge in [0.2, 0.25) is 0 Å². The van der Waals surface area contributed by atoms with Gasteiger partial charge in [-0.1, -0.05) is 0 Å². The molecular weight excluding hydrogens is 218 g/mol. The van der Waals surface area contributed by atoms with Gasteiger partial charge in [0.25, 0.3) is 0 Å². The number of hydrogen-bond acceptors (Lipinski definition) is 3. The Morgan fingerprint density at radius 1 is 1.14 bits per heavy atom. The summed E-state index contributed by atoms with van der Waals surface area (Å²) < 4.78 is 25.7. The van der Waals surface area contributed by atoms with Gasteiger partial charge in [-0.3, -0.25) is 0 Å². The molecule has 0 N–H and O–H groups in total. The summed E-state index contributed by atoms with van der Waals surface area (Å²) in [5.41, 5.74) is 0. The van der Waals surface area contributed by atoms with Gasteiger partial charge in [0.05, 0.1) is 0 Å². The standard InChI is InChI=1S/2Fe.Li.3O.V/q;;+1;;;-1;. The van der Waals surface area contributed by atoms with Crippen LogP contribution in [0.25, 0.3) is 0 Å². The van der Waals surface area contributed by atoms with Gasteiger partial charge < -0.3 is 0 Å². The van der Waals surface area contributed by atoms with Crippen molar-refractivity contribution in [3.8, 4) is 0 Å². The third-order valence-electron chi connectivity index (χ3n) is 0. The molecule has 0 saturated heterocycles. The van der Waals surface area contributed by atoms with Gasteiger partial charge >= 0.3 is 45.6 Å². The molecule has 0 heterocycles. The summed E-state index contributed by atoms with van der Waals surface area (Å²) in [6.07, 6.45) is 0. The molecule has 3 nitrogen and oxygen atoms in total. The Kier molecular flexibility index (Phi) is 52.0. The van der Waals surface area contributed by atoms with Gasteiger partial charge in [-0.15, -0.1) is 0 Å². The molecule has 0 fully saturated rings. The molecule has 0 aliphatic heterocycles. The third kappa shape index (κ3) is 82.0. The van der Waals surface area contributed by atoms with Gasteiger partial charge in [-0.2, -0.15) is 0 Å². The Hall–Kier alpha value is 1.78. The minimum absolute atomic E-state index is 0. The van der Waals surface area contributed by atoms with Crippen molar-refractivity contribution in [2.24, 2.45) is 0 Å². The molecule has 40 valence electrons. The molecule has 0 rings (SSSR count). The predicted molar refractivity (Wildman–Crippen MR) is 1.37 cm³/mol. The van der Waals surface area contributed by atoms with Crippen LogP contribution in [0.4, 0.5) is 0 Å². The van der Waals surface area contributed by atoms with Crippen LogP contribution >= 0.6 is 0 Å². The van der Waals surface area contributed by atoms with E-state index in [2.05, 4.69) is 0 Å². The minimum atomic E-state index is -3.94. The predicted octanol–water partition coefficient (Wildman–Crippen LogP) is -4.43. The van der Waals surface area contributed by atoms with Crippen LogP contribution < -0.4 is 22.9 Å². The Balaban J connectivity index is -0.0000000150. The quantitative estimate of drug-likeness (QED) is 0.385. The van der Waals surface area contributed by atoms with E-state index in [0.29, 0.717) is 0 Å². The Bertz CT molecular complexity index is 61.3. The zero-order chi connectivity index (χ0) is 3.58. The molecular formula is Fe2LiO3V.